The smallest absolute Gasteiger partial charge is 0.229 e. The van der Waals surface area contributed by atoms with Gasteiger partial charge < -0.3 is 4.43 Å². The van der Waals surface area contributed by atoms with E-state index in [4.69, 9.17) is 4.43 Å². The van der Waals surface area contributed by atoms with Gasteiger partial charge in [0.05, 0.1) is 8.07 Å². The molecule has 0 bridgehead atoms. The Kier molecular flexibility index (Phi) is 4.16. The minimum atomic E-state index is -1.25. The maximum atomic E-state index is 5.96. The molecule has 0 aliphatic rings. The lowest BCUT2D eigenvalue weighted by Crippen LogP contribution is -2.37. The zero-order chi connectivity index (χ0) is 12.3. The van der Waals surface area contributed by atoms with Crippen molar-refractivity contribution in [3.63, 3.8) is 0 Å². The summed E-state index contributed by atoms with van der Waals surface area (Å²) in [7, 11) is -2.30. The number of benzene rings is 1. The first kappa shape index (κ1) is 13.3. The molecule has 0 unspecified atom stereocenters. The fourth-order valence-electron chi connectivity index (χ4n) is 1.53. The van der Waals surface area contributed by atoms with Crippen LogP contribution < -0.4 is 9.61 Å². The second-order valence-electron chi connectivity index (χ2n) is 5.37. The Hall–Kier alpha value is -0.806. The number of hydrogen-bond donors (Lipinski definition) is 0. The topological polar surface area (TPSA) is 9.23 Å². The normalized spacial score (nSPS) is 11.6. The standard InChI is InChI=1S/C13H22OSi2/c1-7-11-8-9-12(16(4,5)6)10-13(11)14-15(2)3/h7-10,15H,1H2,2-6H3. The summed E-state index contributed by atoms with van der Waals surface area (Å²) in [6, 6.07) is 6.57. The fraction of sp³-hybridized carbons (Fsp3) is 0.385. The molecule has 0 aliphatic carbocycles. The molecule has 0 radical (unpaired) electrons. The monoisotopic (exact) mass is 250 g/mol. The van der Waals surface area contributed by atoms with Crippen molar-refractivity contribution in [2.45, 2.75) is 32.7 Å². The minimum absolute atomic E-state index is 1.02. The molecule has 0 aliphatic heterocycles. The zero-order valence-corrected chi connectivity index (χ0v) is 13.2. The van der Waals surface area contributed by atoms with E-state index >= 15 is 0 Å². The van der Waals surface area contributed by atoms with E-state index in [9.17, 15) is 0 Å². The van der Waals surface area contributed by atoms with E-state index in [-0.39, 0.29) is 0 Å². The van der Waals surface area contributed by atoms with Crippen LogP contribution in [-0.4, -0.2) is 17.1 Å². The van der Waals surface area contributed by atoms with Crippen LogP contribution >= 0.6 is 0 Å². The van der Waals surface area contributed by atoms with Crippen molar-refractivity contribution in [1.29, 1.82) is 0 Å². The van der Waals surface area contributed by atoms with E-state index in [1.807, 2.05) is 6.08 Å². The third kappa shape index (κ3) is 3.35. The van der Waals surface area contributed by atoms with Gasteiger partial charge in [-0.25, -0.2) is 0 Å². The molecule has 88 valence electrons. The lowest BCUT2D eigenvalue weighted by molar-refractivity contribution is 0.580. The quantitative estimate of drug-likeness (QED) is 0.746. The van der Waals surface area contributed by atoms with E-state index < -0.39 is 17.1 Å². The molecule has 1 nitrogen and oxygen atoms in total. The van der Waals surface area contributed by atoms with Crippen LogP contribution in [0, 0.1) is 0 Å². The van der Waals surface area contributed by atoms with Crippen LogP contribution in [0.25, 0.3) is 6.08 Å². The molecule has 0 fully saturated rings. The van der Waals surface area contributed by atoms with Crippen molar-refractivity contribution in [3.8, 4) is 5.75 Å². The molecule has 0 saturated carbocycles. The van der Waals surface area contributed by atoms with Crippen LogP contribution in [0.4, 0.5) is 0 Å². The van der Waals surface area contributed by atoms with Crippen LogP contribution in [-0.2, 0) is 0 Å². The summed E-state index contributed by atoms with van der Waals surface area (Å²) in [6.45, 7) is 15.3. The van der Waals surface area contributed by atoms with Crippen LogP contribution in [0.1, 0.15) is 5.56 Å². The van der Waals surface area contributed by atoms with Crippen LogP contribution in [0.2, 0.25) is 32.7 Å². The summed E-state index contributed by atoms with van der Waals surface area (Å²) in [5, 5.41) is 1.45. The first-order chi connectivity index (χ1) is 7.34. The minimum Gasteiger partial charge on any atom is -0.547 e. The van der Waals surface area contributed by atoms with Gasteiger partial charge in [-0.1, -0.05) is 49.6 Å². The van der Waals surface area contributed by atoms with Gasteiger partial charge >= 0.3 is 0 Å². The zero-order valence-electron chi connectivity index (χ0n) is 11.0. The highest BCUT2D eigenvalue weighted by molar-refractivity contribution is 6.88. The van der Waals surface area contributed by atoms with Crippen molar-refractivity contribution >= 4 is 28.4 Å². The molecule has 0 aromatic heterocycles. The van der Waals surface area contributed by atoms with Crippen molar-refractivity contribution in [2.24, 2.45) is 0 Å². The predicted octanol–water partition coefficient (Wildman–Crippen LogP) is 3.24. The SMILES string of the molecule is C=Cc1ccc([Si](C)(C)C)cc1O[SiH](C)C. The molecule has 3 heteroatoms. The molecule has 1 rings (SSSR count). The Labute approximate surface area is 102 Å². The summed E-state index contributed by atoms with van der Waals surface area (Å²) < 4.78 is 5.96. The Morgan fingerprint density at radius 1 is 1.25 bits per heavy atom. The Balaban J connectivity index is 3.16. The Bertz CT molecular complexity index is 378. The van der Waals surface area contributed by atoms with E-state index in [2.05, 4.69) is 57.5 Å². The van der Waals surface area contributed by atoms with Gasteiger partial charge in [-0.3, -0.25) is 0 Å². The Morgan fingerprint density at radius 2 is 1.88 bits per heavy atom. The number of rotatable bonds is 4. The first-order valence-corrected chi connectivity index (χ1v) is 12.1. The van der Waals surface area contributed by atoms with E-state index in [0.29, 0.717) is 0 Å². The number of hydrogen-bond acceptors (Lipinski definition) is 1. The van der Waals surface area contributed by atoms with Crippen molar-refractivity contribution in [3.05, 3.63) is 30.3 Å². The maximum absolute atomic E-state index is 5.96. The third-order valence-corrected chi connectivity index (χ3v) is 5.23. The summed E-state index contributed by atoms with van der Waals surface area (Å²) in [5.74, 6) is 1.02. The van der Waals surface area contributed by atoms with Crippen LogP contribution in [0.15, 0.2) is 24.8 Å². The average molecular weight is 250 g/mol. The molecule has 0 amide bonds. The molecule has 0 spiro atoms. The largest absolute Gasteiger partial charge is 0.547 e. The van der Waals surface area contributed by atoms with Crippen LogP contribution in [0.3, 0.4) is 0 Å². The van der Waals surface area contributed by atoms with Gasteiger partial charge in [0.15, 0.2) is 0 Å². The fourth-order valence-corrected chi connectivity index (χ4v) is 3.38. The second-order valence-corrected chi connectivity index (χ2v) is 12.8. The van der Waals surface area contributed by atoms with Gasteiger partial charge in [0.25, 0.3) is 0 Å². The molecule has 0 saturated heterocycles. The summed E-state index contributed by atoms with van der Waals surface area (Å²) >= 11 is 0. The van der Waals surface area contributed by atoms with Gasteiger partial charge in [-0.15, -0.1) is 0 Å². The third-order valence-electron chi connectivity index (χ3n) is 2.46. The molecule has 0 atom stereocenters. The molecular formula is C13H22OSi2. The molecule has 1 aromatic rings. The molecule has 0 heterocycles. The Morgan fingerprint density at radius 3 is 2.31 bits per heavy atom. The lowest BCUT2D eigenvalue weighted by Gasteiger charge is -2.20. The molecule has 16 heavy (non-hydrogen) atoms. The van der Waals surface area contributed by atoms with Gasteiger partial charge in [-0.2, -0.15) is 0 Å². The molecule has 0 N–H and O–H groups in total. The van der Waals surface area contributed by atoms with Crippen molar-refractivity contribution < 1.29 is 4.43 Å². The van der Waals surface area contributed by atoms with E-state index in [0.717, 1.165) is 11.3 Å². The van der Waals surface area contributed by atoms with Crippen molar-refractivity contribution in [1.82, 2.24) is 0 Å². The predicted molar refractivity (Wildman–Crippen MR) is 79.0 cm³/mol. The van der Waals surface area contributed by atoms with Gasteiger partial charge in [0.2, 0.25) is 9.04 Å². The van der Waals surface area contributed by atoms with Crippen LogP contribution in [0.5, 0.6) is 5.75 Å². The summed E-state index contributed by atoms with van der Waals surface area (Å²) in [6.07, 6.45) is 1.88. The highest BCUT2D eigenvalue weighted by Crippen LogP contribution is 2.20. The van der Waals surface area contributed by atoms with Crippen molar-refractivity contribution in [2.75, 3.05) is 0 Å². The molecular weight excluding hydrogens is 228 g/mol. The lowest BCUT2D eigenvalue weighted by atomic mass is 10.2. The van der Waals surface area contributed by atoms with E-state index in [1.54, 1.807) is 0 Å². The van der Waals surface area contributed by atoms with Gasteiger partial charge in [0.1, 0.15) is 5.75 Å². The van der Waals surface area contributed by atoms with Gasteiger partial charge in [-0.05, 0) is 19.2 Å². The van der Waals surface area contributed by atoms with Gasteiger partial charge in [0, 0.05) is 5.56 Å². The van der Waals surface area contributed by atoms with E-state index in [1.165, 1.54) is 5.19 Å². The second kappa shape index (κ2) is 5.02. The first-order valence-electron chi connectivity index (χ1n) is 5.78. The average Bonchev–Trinajstić information content (AvgIpc) is 2.15. The molecule has 1 aromatic carbocycles. The highest BCUT2D eigenvalue weighted by Gasteiger charge is 2.18. The summed E-state index contributed by atoms with van der Waals surface area (Å²) in [5.41, 5.74) is 1.11. The summed E-state index contributed by atoms with van der Waals surface area (Å²) in [4.78, 5) is 0. The highest BCUT2D eigenvalue weighted by atomic mass is 28.3. The maximum Gasteiger partial charge on any atom is 0.229 e.